The summed E-state index contributed by atoms with van der Waals surface area (Å²) in [5, 5.41) is 0. The van der Waals surface area contributed by atoms with E-state index in [9.17, 15) is 14.4 Å². The Morgan fingerprint density at radius 2 is 2.00 bits per heavy atom. The van der Waals surface area contributed by atoms with Crippen molar-refractivity contribution in [1.82, 2.24) is 9.80 Å². The molecule has 2 heterocycles. The summed E-state index contributed by atoms with van der Waals surface area (Å²) in [5.74, 6) is -0.295. The first-order valence-corrected chi connectivity index (χ1v) is 8.84. The van der Waals surface area contributed by atoms with Gasteiger partial charge < -0.3 is 14.5 Å². The summed E-state index contributed by atoms with van der Waals surface area (Å²) in [6.45, 7) is 4.33. The molecule has 1 aromatic carbocycles. The van der Waals surface area contributed by atoms with Crippen molar-refractivity contribution in [2.75, 3.05) is 32.8 Å². The SMILES string of the molecule is CCN1C[C@H](C(=O)N2CCOC[C@@H]2CC(=O)c2ccccc2)CC1=O. The fraction of sp³-hybridized carbons (Fsp3) is 0.526. The molecule has 3 rings (SSSR count). The average molecular weight is 344 g/mol. The molecule has 0 unspecified atom stereocenters. The number of hydrogen-bond donors (Lipinski definition) is 0. The van der Waals surface area contributed by atoms with Crippen LogP contribution in [0, 0.1) is 5.92 Å². The molecule has 0 bridgehead atoms. The number of benzene rings is 1. The molecular formula is C19H24N2O4. The maximum atomic E-state index is 12.9. The van der Waals surface area contributed by atoms with Crippen LogP contribution in [-0.4, -0.2) is 66.3 Å². The fourth-order valence-corrected chi connectivity index (χ4v) is 3.55. The Kier molecular flexibility index (Phi) is 5.48. The molecule has 0 saturated carbocycles. The smallest absolute Gasteiger partial charge is 0.228 e. The lowest BCUT2D eigenvalue weighted by molar-refractivity contribution is -0.144. The number of morpholine rings is 1. The number of carbonyl (C=O) groups excluding carboxylic acids is 3. The van der Waals surface area contributed by atoms with Gasteiger partial charge in [-0.1, -0.05) is 30.3 Å². The first-order chi connectivity index (χ1) is 12.1. The molecule has 1 aromatic rings. The second kappa shape index (κ2) is 7.78. The highest BCUT2D eigenvalue weighted by atomic mass is 16.5. The Hall–Kier alpha value is -2.21. The minimum Gasteiger partial charge on any atom is -0.377 e. The Labute approximate surface area is 147 Å². The van der Waals surface area contributed by atoms with Crippen LogP contribution in [0.3, 0.4) is 0 Å². The fourth-order valence-electron chi connectivity index (χ4n) is 3.55. The van der Waals surface area contributed by atoms with Gasteiger partial charge in [0.15, 0.2) is 5.78 Å². The van der Waals surface area contributed by atoms with Crippen molar-refractivity contribution in [3.63, 3.8) is 0 Å². The molecule has 0 aliphatic carbocycles. The normalized spacial score (nSPS) is 23.8. The van der Waals surface area contributed by atoms with Crippen molar-refractivity contribution in [2.45, 2.75) is 25.8 Å². The molecule has 134 valence electrons. The summed E-state index contributed by atoms with van der Waals surface area (Å²) in [5.41, 5.74) is 0.647. The molecule has 25 heavy (non-hydrogen) atoms. The van der Waals surface area contributed by atoms with Gasteiger partial charge in [0.2, 0.25) is 11.8 Å². The van der Waals surface area contributed by atoms with E-state index in [2.05, 4.69) is 0 Å². The van der Waals surface area contributed by atoms with Crippen molar-refractivity contribution in [1.29, 1.82) is 0 Å². The molecule has 2 amide bonds. The standard InChI is InChI=1S/C19H24N2O4/c1-2-20-12-15(10-18(20)23)19(24)21-8-9-25-13-16(21)11-17(22)14-6-4-3-5-7-14/h3-7,15-16H,2,8-13H2,1H3/t15-,16+/m1/s1. The van der Waals surface area contributed by atoms with Gasteiger partial charge in [0.1, 0.15) is 0 Å². The zero-order valence-corrected chi connectivity index (χ0v) is 14.5. The van der Waals surface area contributed by atoms with Gasteiger partial charge in [0.25, 0.3) is 0 Å². The molecule has 0 spiro atoms. The van der Waals surface area contributed by atoms with Crippen LogP contribution >= 0.6 is 0 Å². The van der Waals surface area contributed by atoms with E-state index in [1.54, 1.807) is 21.9 Å². The topological polar surface area (TPSA) is 66.9 Å². The summed E-state index contributed by atoms with van der Waals surface area (Å²) in [4.78, 5) is 40.8. The lowest BCUT2D eigenvalue weighted by Gasteiger charge is -2.36. The Bertz CT molecular complexity index is 646. The van der Waals surface area contributed by atoms with Crippen molar-refractivity contribution < 1.29 is 19.1 Å². The van der Waals surface area contributed by atoms with Crippen LogP contribution in [0.5, 0.6) is 0 Å². The molecule has 6 heteroatoms. The Balaban J connectivity index is 1.67. The molecule has 2 saturated heterocycles. The van der Waals surface area contributed by atoms with Gasteiger partial charge in [-0.3, -0.25) is 14.4 Å². The van der Waals surface area contributed by atoms with Gasteiger partial charge in [0.05, 0.1) is 25.2 Å². The number of amides is 2. The second-order valence-corrected chi connectivity index (χ2v) is 6.59. The number of nitrogens with zero attached hydrogens (tertiary/aromatic N) is 2. The predicted octanol–water partition coefficient (Wildman–Crippen LogP) is 1.36. The van der Waals surface area contributed by atoms with Gasteiger partial charge in [-0.05, 0) is 6.92 Å². The van der Waals surface area contributed by atoms with Gasteiger partial charge in [0, 0.05) is 38.0 Å². The quantitative estimate of drug-likeness (QED) is 0.757. The number of likely N-dealkylation sites (tertiary alicyclic amines) is 1. The highest BCUT2D eigenvalue weighted by molar-refractivity contribution is 5.97. The van der Waals surface area contributed by atoms with Crippen molar-refractivity contribution in [3.05, 3.63) is 35.9 Å². The van der Waals surface area contributed by atoms with Crippen LogP contribution in [0.25, 0.3) is 0 Å². The molecule has 2 atom stereocenters. The van der Waals surface area contributed by atoms with Gasteiger partial charge in [-0.15, -0.1) is 0 Å². The summed E-state index contributed by atoms with van der Waals surface area (Å²) < 4.78 is 5.50. The predicted molar refractivity (Wildman–Crippen MR) is 92.1 cm³/mol. The van der Waals surface area contributed by atoms with Gasteiger partial charge in [-0.2, -0.15) is 0 Å². The van der Waals surface area contributed by atoms with Gasteiger partial charge in [-0.25, -0.2) is 0 Å². The minimum atomic E-state index is -0.306. The maximum absolute atomic E-state index is 12.9. The van der Waals surface area contributed by atoms with E-state index in [4.69, 9.17) is 4.74 Å². The Morgan fingerprint density at radius 1 is 1.24 bits per heavy atom. The monoisotopic (exact) mass is 344 g/mol. The third-order valence-electron chi connectivity index (χ3n) is 4.97. The third-order valence-corrected chi connectivity index (χ3v) is 4.97. The highest BCUT2D eigenvalue weighted by Crippen LogP contribution is 2.23. The van der Waals surface area contributed by atoms with E-state index in [1.165, 1.54) is 0 Å². The number of ether oxygens (including phenoxy) is 1. The van der Waals surface area contributed by atoms with E-state index >= 15 is 0 Å². The lowest BCUT2D eigenvalue weighted by Crippen LogP contribution is -2.51. The maximum Gasteiger partial charge on any atom is 0.228 e. The second-order valence-electron chi connectivity index (χ2n) is 6.59. The van der Waals surface area contributed by atoms with E-state index in [1.807, 2.05) is 25.1 Å². The van der Waals surface area contributed by atoms with E-state index < -0.39 is 0 Å². The molecular weight excluding hydrogens is 320 g/mol. The van der Waals surface area contributed by atoms with E-state index in [0.29, 0.717) is 38.4 Å². The van der Waals surface area contributed by atoms with Crippen LogP contribution < -0.4 is 0 Å². The van der Waals surface area contributed by atoms with E-state index in [-0.39, 0.29) is 42.4 Å². The van der Waals surface area contributed by atoms with Crippen LogP contribution in [0.1, 0.15) is 30.1 Å². The minimum absolute atomic E-state index is 0.00610. The third kappa shape index (κ3) is 3.90. The number of ketones is 1. The molecule has 6 nitrogen and oxygen atoms in total. The van der Waals surface area contributed by atoms with Crippen molar-refractivity contribution in [2.24, 2.45) is 5.92 Å². The zero-order chi connectivity index (χ0) is 17.8. The number of rotatable bonds is 5. The summed E-state index contributed by atoms with van der Waals surface area (Å²) >= 11 is 0. The number of Topliss-reactive ketones (excluding diaryl/α,β-unsaturated/α-hetero) is 1. The Morgan fingerprint density at radius 3 is 2.68 bits per heavy atom. The highest BCUT2D eigenvalue weighted by Gasteiger charge is 2.39. The number of hydrogen-bond acceptors (Lipinski definition) is 4. The van der Waals surface area contributed by atoms with Crippen molar-refractivity contribution in [3.8, 4) is 0 Å². The first kappa shape index (κ1) is 17.6. The molecule has 0 N–H and O–H groups in total. The number of carbonyl (C=O) groups is 3. The molecule has 2 fully saturated rings. The molecule has 2 aliphatic rings. The average Bonchev–Trinajstić information content (AvgIpc) is 3.03. The molecule has 2 aliphatic heterocycles. The van der Waals surface area contributed by atoms with Crippen molar-refractivity contribution >= 4 is 17.6 Å². The van der Waals surface area contributed by atoms with Crippen LogP contribution in [-0.2, 0) is 14.3 Å². The molecule has 0 aromatic heterocycles. The summed E-state index contributed by atoms with van der Waals surface area (Å²) in [6, 6.07) is 8.83. The van der Waals surface area contributed by atoms with Gasteiger partial charge >= 0.3 is 0 Å². The van der Waals surface area contributed by atoms with Crippen LogP contribution in [0.15, 0.2) is 30.3 Å². The largest absolute Gasteiger partial charge is 0.377 e. The zero-order valence-electron chi connectivity index (χ0n) is 14.5. The summed E-state index contributed by atoms with van der Waals surface area (Å²) in [7, 11) is 0. The first-order valence-electron chi connectivity index (χ1n) is 8.84. The van der Waals surface area contributed by atoms with Crippen LogP contribution in [0.2, 0.25) is 0 Å². The molecule has 0 radical (unpaired) electrons. The lowest BCUT2D eigenvalue weighted by atomic mass is 10.00. The summed E-state index contributed by atoms with van der Waals surface area (Å²) in [6.07, 6.45) is 0.511. The van der Waals surface area contributed by atoms with E-state index in [0.717, 1.165) is 0 Å². The van der Waals surface area contributed by atoms with Crippen LogP contribution in [0.4, 0.5) is 0 Å².